The van der Waals surface area contributed by atoms with Crippen molar-refractivity contribution in [1.82, 2.24) is 4.90 Å². The van der Waals surface area contributed by atoms with E-state index in [4.69, 9.17) is 4.18 Å². The lowest BCUT2D eigenvalue weighted by Crippen LogP contribution is -2.40. The Bertz CT molecular complexity index is 804. The van der Waals surface area contributed by atoms with Crippen LogP contribution in [0.1, 0.15) is 24.2 Å². The number of hydrogen-bond donors (Lipinski definition) is 0. The highest BCUT2D eigenvalue weighted by molar-refractivity contribution is 8.16. The summed E-state index contributed by atoms with van der Waals surface area (Å²) in [6.45, 7) is 3.96. The highest BCUT2D eigenvalue weighted by Gasteiger charge is 2.32. The number of thioether (sulfide) groups is 2. The molecule has 140 valence electrons. The Morgan fingerprint density at radius 3 is 2.23 bits per heavy atom. The Labute approximate surface area is 164 Å². The van der Waals surface area contributed by atoms with Crippen LogP contribution in [0.3, 0.4) is 0 Å². The van der Waals surface area contributed by atoms with Gasteiger partial charge in [-0.15, -0.1) is 23.5 Å². The molecule has 0 amide bonds. The number of hydrogen-bond acceptors (Lipinski definition) is 6. The van der Waals surface area contributed by atoms with E-state index in [0.717, 1.165) is 28.0 Å². The van der Waals surface area contributed by atoms with Gasteiger partial charge in [0.15, 0.2) is 0 Å². The van der Waals surface area contributed by atoms with Crippen LogP contribution in [0.2, 0.25) is 0 Å². The van der Waals surface area contributed by atoms with Crippen LogP contribution in [-0.2, 0) is 14.3 Å². The lowest BCUT2D eigenvalue weighted by atomic mass is 10.0. The van der Waals surface area contributed by atoms with E-state index in [-0.39, 0.29) is 10.9 Å². The van der Waals surface area contributed by atoms with Gasteiger partial charge in [-0.1, -0.05) is 48.0 Å². The molecular weight excluding hydrogens is 386 g/mol. The third-order valence-electron chi connectivity index (χ3n) is 4.36. The number of aryl methyl sites for hydroxylation is 1. The smallest absolute Gasteiger partial charge is 0.279 e. The maximum Gasteiger partial charge on any atom is 0.297 e. The monoisotopic (exact) mass is 409 g/mol. The van der Waals surface area contributed by atoms with Gasteiger partial charge in [-0.2, -0.15) is 8.42 Å². The van der Waals surface area contributed by atoms with Crippen LogP contribution in [0.5, 0.6) is 0 Å². The molecule has 0 spiro atoms. The third kappa shape index (κ3) is 4.84. The summed E-state index contributed by atoms with van der Waals surface area (Å²) in [6.07, 6.45) is -0.554. The van der Waals surface area contributed by atoms with E-state index in [1.807, 2.05) is 67.7 Å². The van der Waals surface area contributed by atoms with Crippen LogP contribution < -0.4 is 0 Å². The van der Waals surface area contributed by atoms with Crippen molar-refractivity contribution in [3.63, 3.8) is 0 Å². The number of benzene rings is 2. The fraction of sp³-hybridized carbons (Fsp3) is 0.368. The lowest BCUT2D eigenvalue weighted by Gasteiger charge is -2.36. The second-order valence-electron chi connectivity index (χ2n) is 6.31. The van der Waals surface area contributed by atoms with E-state index < -0.39 is 16.2 Å². The molecule has 1 saturated heterocycles. The molecule has 0 bridgehead atoms. The molecule has 26 heavy (non-hydrogen) atoms. The first kappa shape index (κ1) is 19.8. The zero-order valence-electron chi connectivity index (χ0n) is 14.9. The molecule has 0 aromatic heterocycles. The van der Waals surface area contributed by atoms with Gasteiger partial charge >= 0.3 is 0 Å². The molecular formula is C19H23NO3S3. The topological polar surface area (TPSA) is 46.6 Å². The molecule has 2 aromatic rings. The van der Waals surface area contributed by atoms with Crippen molar-refractivity contribution in [1.29, 1.82) is 0 Å². The van der Waals surface area contributed by atoms with Gasteiger partial charge in [-0.25, -0.2) is 0 Å². The average molecular weight is 410 g/mol. The van der Waals surface area contributed by atoms with E-state index in [2.05, 4.69) is 4.90 Å². The molecule has 2 unspecified atom stereocenters. The summed E-state index contributed by atoms with van der Waals surface area (Å²) in [6, 6.07) is 16.3. The molecule has 0 aliphatic carbocycles. The zero-order chi connectivity index (χ0) is 18.6. The summed E-state index contributed by atoms with van der Waals surface area (Å²) in [5.74, 6) is 1.76. The maximum atomic E-state index is 12.9. The third-order valence-corrected chi connectivity index (χ3v) is 8.04. The van der Waals surface area contributed by atoms with E-state index in [1.165, 1.54) is 0 Å². The zero-order valence-corrected chi connectivity index (χ0v) is 17.3. The van der Waals surface area contributed by atoms with E-state index in [9.17, 15) is 8.42 Å². The van der Waals surface area contributed by atoms with Crippen molar-refractivity contribution in [2.75, 3.05) is 16.8 Å². The predicted octanol–water partition coefficient (Wildman–Crippen LogP) is 4.48. The molecule has 1 heterocycles. The highest BCUT2D eigenvalue weighted by atomic mass is 32.2. The second-order valence-corrected chi connectivity index (χ2v) is 10.2. The first-order chi connectivity index (χ1) is 12.5. The summed E-state index contributed by atoms with van der Waals surface area (Å²) < 4.78 is 31.5. The van der Waals surface area contributed by atoms with Crippen molar-refractivity contribution in [2.24, 2.45) is 0 Å². The van der Waals surface area contributed by atoms with Gasteiger partial charge < -0.3 is 0 Å². The van der Waals surface area contributed by atoms with Gasteiger partial charge in [0.25, 0.3) is 10.1 Å². The molecule has 1 aliphatic rings. The minimum atomic E-state index is -3.85. The summed E-state index contributed by atoms with van der Waals surface area (Å²) >= 11 is 3.69. The van der Waals surface area contributed by atoms with Crippen molar-refractivity contribution in [3.05, 3.63) is 65.7 Å². The Morgan fingerprint density at radius 2 is 1.62 bits per heavy atom. The van der Waals surface area contributed by atoms with Crippen LogP contribution in [-0.4, -0.2) is 36.2 Å². The molecule has 0 N–H and O–H groups in total. The largest absolute Gasteiger partial charge is 0.297 e. The fourth-order valence-corrected chi connectivity index (χ4v) is 6.22. The first-order valence-electron chi connectivity index (χ1n) is 8.42. The standard InChI is InChI=1S/C19H23NO3S3/c1-15-8-10-18(11-9-15)26(21,22)23-19(17-6-4-3-5-7-17)16(2)20-12-24-14-25-13-20/h3-11,16,19H,12-14H2,1-2H3. The van der Waals surface area contributed by atoms with Gasteiger partial charge in [-0.05, 0) is 31.5 Å². The van der Waals surface area contributed by atoms with Crippen LogP contribution in [0, 0.1) is 6.92 Å². The minimum absolute atomic E-state index is 0.0575. The molecule has 2 atom stereocenters. The van der Waals surface area contributed by atoms with Gasteiger partial charge in [0.2, 0.25) is 0 Å². The number of rotatable bonds is 6. The molecule has 4 nitrogen and oxygen atoms in total. The van der Waals surface area contributed by atoms with Crippen molar-refractivity contribution in [2.45, 2.75) is 30.9 Å². The molecule has 1 fully saturated rings. The summed E-state index contributed by atoms with van der Waals surface area (Å²) in [5, 5.41) is 1.07. The molecule has 7 heteroatoms. The lowest BCUT2D eigenvalue weighted by molar-refractivity contribution is 0.106. The Kier molecular flexibility index (Phi) is 6.69. The Morgan fingerprint density at radius 1 is 1.00 bits per heavy atom. The van der Waals surface area contributed by atoms with Crippen LogP contribution >= 0.6 is 23.5 Å². The van der Waals surface area contributed by atoms with Gasteiger partial charge in [0.1, 0.15) is 6.10 Å². The SMILES string of the molecule is Cc1ccc(S(=O)(=O)OC(c2ccccc2)C(C)N2CSCSC2)cc1. The van der Waals surface area contributed by atoms with Gasteiger partial charge in [0, 0.05) is 22.9 Å². The highest BCUT2D eigenvalue weighted by Crippen LogP contribution is 2.33. The minimum Gasteiger partial charge on any atom is -0.279 e. The molecule has 2 aromatic carbocycles. The summed E-state index contributed by atoms with van der Waals surface area (Å²) in [5.41, 5.74) is 1.88. The number of nitrogens with zero attached hydrogens (tertiary/aromatic N) is 1. The predicted molar refractivity (Wildman–Crippen MR) is 110 cm³/mol. The normalized spacial score (nSPS) is 18.4. The van der Waals surface area contributed by atoms with E-state index in [1.54, 1.807) is 24.3 Å². The van der Waals surface area contributed by atoms with Crippen LogP contribution in [0.4, 0.5) is 0 Å². The Hall–Kier alpha value is -0.990. The molecule has 0 radical (unpaired) electrons. The first-order valence-corrected chi connectivity index (χ1v) is 12.1. The summed E-state index contributed by atoms with van der Waals surface area (Å²) in [4.78, 5) is 2.46. The summed E-state index contributed by atoms with van der Waals surface area (Å²) in [7, 11) is -3.85. The molecule has 1 aliphatic heterocycles. The van der Waals surface area contributed by atoms with Crippen molar-refractivity contribution in [3.8, 4) is 0 Å². The van der Waals surface area contributed by atoms with Gasteiger partial charge in [-0.3, -0.25) is 9.08 Å². The average Bonchev–Trinajstić information content (AvgIpc) is 2.67. The van der Waals surface area contributed by atoms with E-state index in [0.29, 0.717) is 0 Å². The van der Waals surface area contributed by atoms with Crippen LogP contribution in [0.15, 0.2) is 59.5 Å². The van der Waals surface area contributed by atoms with Gasteiger partial charge in [0.05, 0.1) is 4.90 Å². The van der Waals surface area contributed by atoms with Crippen LogP contribution in [0.25, 0.3) is 0 Å². The molecule has 3 rings (SSSR count). The maximum absolute atomic E-state index is 12.9. The molecule has 0 saturated carbocycles. The Balaban J connectivity index is 1.89. The quantitative estimate of drug-likeness (QED) is 0.656. The van der Waals surface area contributed by atoms with Crippen molar-refractivity contribution < 1.29 is 12.6 Å². The van der Waals surface area contributed by atoms with Crippen molar-refractivity contribution >= 4 is 33.6 Å². The second kappa shape index (κ2) is 8.80. The van der Waals surface area contributed by atoms with E-state index >= 15 is 0 Å². The fourth-order valence-electron chi connectivity index (χ4n) is 2.79.